The minimum atomic E-state index is -0.427. The molecule has 3 aromatic rings. The smallest absolute Gasteiger partial charge is 0.0539 e. The van der Waals surface area contributed by atoms with Gasteiger partial charge in [-0.2, -0.15) is 0 Å². The molecule has 0 bridgehead atoms. The van der Waals surface area contributed by atoms with Gasteiger partial charge in [0.05, 0.1) is 6.33 Å². The highest BCUT2D eigenvalue weighted by atomic mass is 33.1. The summed E-state index contributed by atoms with van der Waals surface area (Å²) in [6, 6.07) is 24.5. The van der Waals surface area contributed by atoms with E-state index < -0.39 is 6.33 Å². The van der Waals surface area contributed by atoms with Crippen molar-refractivity contribution in [3.05, 3.63) is 89.0 Å². The number of hydrogen-bond donors (Lipinski definition) is 0. The fourth-order valence-electron chi connectivity index (χ4n) is 2.66. The van der Waals surface area contributed by atoms with Gasteiger partial charge in [0.15, 0.2) is 0 Å². The third-order valence-corrected chi connectivity index (χ3v) is 11.1. The van der Waals surface area contributed by atoms with Gasteiger partial charge in [-0.05, 0) is 56.3 Å². The summed E-state index contributed by atoms with van der Waals surface area (Å²) in [7, 11) is 0. The molecule has 0 saturated carbocycles. The Labute approximate surface area is 160 Å². The maximum Gasteiger partial charge on any atom is 0.0539 e. The van der Waals surface area contributed by atoms with Gasteiger partial charge in [-0.25, -0.2) is 0 Å². The van der Waals surface area contributed by atoms with Crippen molar-refractivity contribution in [3.8, 4) is 0 Å². The van der Waals surface area contributed by atoms with E-state index in [-0.39, 0.29) is 0 Å². The zero-order chi connectivity index (χ0) is 17.8. The molecule has 0 nitrogen and oxygen atoms in total. The van der Waals surface area contributed by atoms with Crippen LogP contribution in [0.2, 0.25) is 0 Å². The molecule has 3 rings (SSSR count). The first kappa shape index (κ1) is 18.6. The Morgan fingerprint density at radius 2 is 1.08 bits per heavy atom. The Bertz CT molecular complexity index is 806. The fraction of sp³-hybridized carbons (Fsp3) is 0.182. The molecular weight excluding hydrogens is 359 g/mol. The number of benzene rings is 3. The summed E-state index contributed by atoms with van der Waals surface area (Å²) in [5.74, 6) is 0. The monoisotopic (exact) mass is 382 g/mol. The van der Waals surface area contributed by atoms with Crippen LogP contribution < -0.4 is 5.30 Å². The molecule has 0 amide bonds. The highest BCUT2D eigenvalue weighted by molar-refractivity contribution is 8.90. The summed E-state index contributed by atoms with van der Waals surface area (Å²) >= 11 is 4.03. The van der Waals surface area contributed by atoms with Crippen LogP contribution in [0, 0.1) is 27.7 Å². The maximum absolute atomic E-state index is 2.28. The largest absolute Gasteiger partial charge is 0.0816 e. The van der Waals surface area contributed by atoms with Crippen molar-refractivity contribution in [2.24, 2.45) is 0 Å². The molecule has 3 aromatic carbocycles. The maximum atomic E-state index is 2.28. The molecule has 0 aliphatic heterocycles. The zero-order valence-corrected chi connectivity index (χ0v) is 17.6. The Morgan fingerprint density at radius 3 is 1.52 bits per heavy atom. The van der Waals surface area contributed by atoms with Crippen LogP contribution in [-0.4, -0.2) is 0 Å². The second-order valence-corrected chi connectivity index (χ2v) is 12.6. The molecule has 25 heavy (non-hydrogen) atoms. The molecule has 0 aliphatic carbocycles. The van der Waals surface area contributed by atoms with Crippen LogP contribution in [0.4, 0.5) is 0 Å². The molecule has 0 N–H and O–H groups in total. The van der Waals surface area contributed by atoms with Gasteiger partial charge in [0.25, 0.3) is 0 Å². The van der Waals surface area contributed by atoms with Gasteiger partial charge < -0.3 is 0 Å². The molecule has 0 unspecified atom stereocenters. The molecule has 3 heteroatoms. The predicted octanol–water partition coefficient (Wildman–Crippen LogP) is 7.44. The van der Waals surface area contributed by atoms with Crippen molar-refractivity contribution in [1.29, 1.82) is 0 Å². The SMILES string of the molecule is Cc1ccc(SP(Sc2ccc(C)cc2C)c2ccccc2)c(C)c1. The molecule has 0 heterocycles. The van der Waals surface area contributed by atoms with Crippen molar-refractivity contribution in [2.45, 2.75) is 37.5 Å². The molecule has 0 fully saturated rings. The second-order valence-electron chi connectivity index (χ2n) is 6.31. The van der Waals surface area contributed by atoms with Crippen LogP contribution in [0.1, 0.15) is 22.3 Å². The molecule has 0 atom stereocenters. The average molecular weight is 383 g/mol. The van der Waals surface area contributed by atoms with Crippen molar-refractivity contribution < 1.29 is 0 Å². The van der Waals surface area contributed by atoms with Gasteiger partial charge in [0.2, 0.25) is 0 Å². The zero-order valence-electron chi connectivity index (χ0n) is 15.1. The van der Waals surface area contributed by atoms with E-state index in [0.29, 0.717) is 0 Å². The Balaban J connectivity index is 1.92. The van der Waals surface area contributed by atoms with E-state index in [4.69, 9.17) is 0 Å². The topological polar surface area (TPSA) is 0 Å². The van der Waals surface area contributed by atoms with Gasteiger partial charge in [-0.15, -0.1) is 0 Å². The van der Waals surface area contributed by atoms with Crippen molar-refractivity contribution in [3.63, 3.8) is 0 Å². The summed E-state index contributed by atoms with van der Waals surface area (Å²) in [5.41, 5.74) is 5.39. The van der Waals surface area contributed by atoms with Crippen molar-refractivity contribution in [2.75, 3.05) is 0 Å². The number of rotatable bonds is 5. The Hall–Kier alpha value is -1.21. The number of hydrogen-bond acceptors (Lipinski definition) is 2. The van der Waals surface area contributed by atoms with Gasteiger partial charge in [-0.3, -0.25) is 0 Å². The molecule has 0 spiro atoms. The lowest BCUT2D eigenvalue weighted by Gasteiger charge is -2.19. The minimum absolute atomic E-state index is 0.427. The molecule has 0 saturated heterocycles. The Morgan fingerprint density at radius 1 is 0.600 bits per heavy atom. The summed E-state index contributed by atoms with van der Waals surface area (Å²) < 4.78 is 0. The highest BCUT2D eigenvalue weighted by Gasteiger charge is 2.17. The summed E-state index contributed by atoms with van der Waals surface area (Å²) in [4.78, 5) is 2.77. The first-order chi connectivity index (χ1) is 12.0. The van der Waals surface area contributed by atoms with Crippen molar-refractivity contribution in [1.82, 2.24) is 0 Å². The summed E-state index contributed by atoms with van der Waals surface area (Å²) in [6.07, 6.45) is -0.427. The van der Waals surface area contributed by atoms with Gasteiger partial charge in [0, 0.05) is 9.79 Å². The van der Waals surface area contributed by atoms with E-state index in [1.54, 1.807) is 0 Å². The fourth-order valence-corrected chi connectivity index (χ4v) is 9.90. The number of aryl methyl sites for hydroxylation is 4. The quantitative estimate of drug-likeness (QED) is 0.420. The van der Waals surface area contributed by atoms with Crippen molar-refractivity contribution >= 4 is 34.4 Å². The minimum Gasteiger partial charge on any atom is -0.0816 e. The van der Waals surface area contributed by atoms with E-state index in [9.17, 15) is 0 Å². The van der Waals surface area contributed by atoms with Crippen LogP contribution in [0.15, 0.2) is 76.5 Å². The Kier molecular flexibility index (Phi) is 6.28. The lowest BCUT2D eigenvalue weighted by atomic mass is 10.2. The van der Waals surface area contributed by atoms with Crippen LogP contribution in [0.5, 0.6) is 0 Å². The normalized spacial score (nSPS) is 11.1. The van der Waals surface area contributed by atoms with E-state index in [1.165, 1.54) is 37.3 Å². The third kappa shape index (κ3) is 4.91. The molecule has 0 radical (unpaired) electrons. The molecule has 0 aromatic heterocycles. The van der Waals surface area contributed by atoms with Gasteiger partial charge >= 0.3 is 0 Å². The second kappa shape index (κ2) is 8.45. The van der Waals surface area contributed by atoms with E-state index in [2.05, 4.69) is 94.4 Å². The highest BCUT2D eigenvalue weighted by Crippen LogP contribution is 2.65. The van der Waals surface area contributed by atoms with Gasteiger partial charge in [0.1, 0.15) is 0 Å². The van der Waals surface area contributed by atoms with Gasteiger partial charge in [-0.1, -0.05) is 88.5 Å². The average Bonchev–Trinajstić information content (AvgIpc) is 2.59. The van der Waals surface area contributed by atoms with Crippen LogP contribution in [0.3, 0.4) is 0 Å². The first-order valence-corrected chi connectivity index (χ1v) is 12.6. The molecule has 128 valence electrons. The van der Waals surface area contributed by atoms with E-state index in [0.717, 1.165) is 0 Å². The lowest BCUT2D eigenvalue weighted by Crippen LogP contribution is -1.95. The molecule has 0 aliphatic rings. The lowest BCUT2D eigenvalue weighted by molar-refractivity contribution is 1.27. The third-order valence-electron chi connectivity index (χ3n) is 3.99. The van der Waals surface area contributed by atoms with Crippen LogP contribution in [0.25, 0.3) is 0 Å². The van der Waals surface area contributed by atoms with E-state index in [1.807, 2.05) is 22.8 Å². The standard InChI is InChI=1S/C22H23PS2/c1-16-10-12-21(18(3)14-16)24-23(20-8-6-5-7-9-20)25-22-13-11-17(2)15-19(22)4/h5-15H,1-4H3. The summed E-state index contributed by atoms with van der Waals surface area (Å²) in [5, 5.41) is 1.42. The summed E-state index contributed by atoms with van der Waals surface area (Å²) in [6.45, 7) is 8.75. The predicted molar refractivity (Wildman–Crippen MR) is 117 cm³/mol. The van der Waals surface area contributed by atoms with Crippen LogP contribution >= 0.6 is 29.1 Å². The van der Waals surface area contributed by atoms with E-state index >= 15 is 0 Å². The molecular formula is C22H23PS2. The van der Waals surface area contributed by atoms with Crippen LogP contribution in [-0.2, 0) is 0 Å². The first-order valence-electron chi connectivity index (χ1n) is 8.38.